The van der Waals surface area contributed by atoms with E-state index in [9.17, 15) is 23.1 Å². The van der Waals surface area contributed by atoms with Crippen molar-refractivity contribution in [3.63, 3.8) is 0 Å². The molecule has 0 aromatic heterocycles. The van der Waals surface area contributed by atoms with Crippen LogP contribution in [0, 0.1) is 0 Å². The van der Waals surface area contributed by atoms with Crippen molar-refractivity contribution < 1.29 is 36.6 Å². The second kappa shape index (κ2) is 5.71. The van der Waals surface area contributed by atoms with E-state index in [4.69, 9.17) is 5.11 Å². The summed E-state index contributed by atoms with van der Waals surface area (Å²) >= 11 is 0. The molecule has 0 saturated carbocycles. The number of hydrogen-bond donors (Lipinski definition) is 3. The topological polar surface area (TPSA) is 139 Å². The second-order valence-corrected chi connectivity index (χ2v) is 4.84. The third-order valence-corrected chi connectivity index (χ3v) is 3.13. The van der Waals surface area contributed by atoms with Gasteiger partial charge in [0.25, 0.3) is 0 Å². The monoisotopic (exact) mass is 283 g/mol. The maximum Gasteiger partial charge on any atom is 0.400 e. The Balaban J connectivity index is 2.94. The first-order valence-electron chi connectivity index (χ1n) is 4.93. The SMILES string of the molecule is CC(=O)N[C@@H](C=O)[C@H]1OS(=O)(=O)O[C@@H]1[C@H](O)CO. The molecule has 1 amide bonds. The van der Waals surface area contributed by atoms with Crippen LogP contribution in [0.4, 0.5) is 0 Å². The smallest absolute Gasteiger partial charge is 0.394 e. The van der Waals surface area contributed by atoms with Gasteiger partial charge in [-0.25, -0.2) is 8.37 Å². The summed E-state index contributed by atoms with van der Waals surface area (Å²) in [6, 6.07) is -1.31. The van der Waals surface area contributed by atoms with E-state index in [1.54, 1.807) is 0 Å². The number of rotatable bonds is 5. The molecule has 0 aromatic carbocycles. The van der Waals surface area contributed by atoms with Crippen LogP contribution in [0.15, 0.2) is 0 Å². The van der Waals surface area contributed by atoms with Gasteiger partial charge in [0.2, 0.25) is 5.91 Å². The fourth-order valence-corrected chi connectivity index (χ4v) is 2.54. The zero-order valence-corrected chi connectivity index (χ0v) is 10.2. The molecule has 0 aliphatic carbocycles. The van der Waals surface area contributed by atoms with Gasteiger partial charge in [0.15, 0.2) is 0 Å². The van der Waals surface area contributed by atoms with Gasteiger partial charge in [0, 0.05) is 6.92 Å². The Morgan fingerprint density at radius 2 is 2.00 bits per heavy atom. The lowest BCUT2D eigenvalue weighted by molar-refractivity contribution is -0.124. The molecule has 1 aliphatic heterocycles. The molecule has 0 bridgehead atoms. The van der Waals surface area contributed by atoms with Gasteiger partial charge in [-0.1, -0.05) is 0 Å². The average Bonchev–Trinajstić information content (AvgIpc) is 2.60. The highest BCUT2D eigenvalue weighted by Crippen LogP contribution is 2.25. The highest BCUT2D eigenvalue weighted by Gasteiger charge is 2.48. The van der Waals surface area contributed by atoms with Crippen molar-refractivity contribution >= 4 is 22.6 Å². The summed E-state index contributed by atoms with van der Waals surface area (Å²) in [5.74, 6) is -0.586. The Hall–Kier alpha value is -1.07. The van der Waals surface area contributed by atoms with E-state index in [2.05, 4.69) is 13.7 Å². The van der Waals surface area contributed by atoms with Crippen LogP contribution in [0.1, 0.15) is 6.92 Å². The molecule has 104 valence electrons. The van der Waals surface area contributed by atoms with E-state index in [1.807, 2.05) is 0 Å². The first-order valence-corrected chi connectivity index (χ1v) is 6.27. The van der Waals surface area contributed by atoms with Gasteiger partial charge >= 0.3 is 10.4 Å². The highest BCUT2D eigenvalue weighted by atomic mass is 32.3. The summed E-state index contributed by atoms with van der Waals surface area (Å²) in [7, 11) is -4.37. The van der Waals surface area contributed by atoms with E-state index in [-0.39, 0.29) is 6.29 Å². The molecule has 0 unspecified atom stereocenters. The second-order valence-electron chi connectivity index (χ2n) is 3.64. The molecule has 1 heterocycles. The van der Waals surface area contributed by atoms with Crippen molar-refractivity contribution in [3.05, 3.63) is 0 Å². The third kappa shape index (κ3) is 3.46. The van der Waals surface area contributed by atoms with E-state index < -0.39 is 47.3 Å². The van der Waals surface area contributed by atoms with Crippen molar-refractivity contribution in [2.75, 3.05) is 6.61 Å². The van der Waals surface area contributed by atoms with Gasteiger partial charge in [0.1, 0.15) is 30.6 Å². The maximum absolute atomic E-state index is 11.1. The van der Waals surface area contributed by atoms with E-state index in [0.717, 1.165) is 6.92 Å². The normalized spacial score (nSPS) is 29.5. The highest BCUT2D eigenvalue weighted by molar-refractivity contribution is 7.82. The standard InChI is InChI=1S/C8H13NO8S/c1-4(12)9-5(2-10)7-8(6(13)3-11)17-18(14,15)16-7/h2,5-8,11,13H,3H2,1H3,(H,9,12)/t5-,6+,7+,8+/m0/s1. The number of hydrogen-bond acceptors (Lipinski definition) is 8. The predicted molar refractivity (Wildman–Crippen MR) is 55.4 cm³/mol. The number of amides is 1. The molecule has 18 heavy (non-hydrogen) atoms. The van der Waals surface area contributed by atoms with Crippen molar-refractivity contribution in [2.45, 2.75) is 31.3 Å². The van der Waals surface area contributed by atoms with Crippen molar-refractivity contribution in [1.29, 1.82) is 0 Å². The minimum atomic E-state index is -4.37. The summed E-state index contributed by atoms with van der Waals surface area (Å²) < 4.78 is 31.1. The lowest BCUT2D eigenvalue weighted by atomic mass is 10.0. The maximum atomic E-state index is 11.1. The first kappa shape index (κ1) is 15.0. The predicted octanol–water partition coefficient (Wildman–Crippen LogP) is -2.93. The zero-order chi connectivity index (χ0) is 13.9. The molecule has 1 saturated heterocycles. The molecule has 0 aromatic rings. The minimum absolute atomic E-state index is 0.257. The molecule has 0 radical (unpaired) electrons. The fraction of sp³-hybridized carbons (Fsp3) is 0.750. The molecule has 1 aliphatic rings. The van der Waals surface area contributed by atoms with Crippen molar-refractivity contribution in [3.8, 4) is 0 Å². The van der Waals surface area contributed by atoms with E-state index in [0.29, 0.717) is 0 Å². The van der Waals surface area contributed by atoms with Crippen LogP contribution in [0.3, 0.4) is 0 Å². The van der Waals surface area contributed by atoms with Gasteiger partial charge in [0.05, 0.1) is 6.61 Å². The third-order valence-electron chi connectivity index (χ3n) is 2.22. The Morgan fingerprint density at radius 3 is 2.44 bits per heavy atom. The first-order chi connectivity index (χ1) is 8.30. The number of aliphatic hydroxyl groups excluding tert-OH is 2. The molecule has 4 atom stereocenters. The number of carbonyl (C=O) groups is 2. The van der Waals surface area contributed by atoms with Crippen LogP contribution in [-0.4, -0.2) is 61.8 Å². The minimum Gasteiger partial charge on any atom is -0.394 e. The lowest BCUT2D eigenvalue weighted by Crippen LogP contribution is -2.51. The zero-order valence-electron chi connectivity index (χ0n) is 9.35. The fourth-order valence-electron chi connectivity index (χ4n) is 1.48. The van der Waals surface area contributed by atoms with Crippen LogP contribution in [0.5, 0.6) is 0 Å². The van der Waals surface area contributed by atoms with Crippen molar-refractivity contribution in [2.24, 2.45) is 0 Å². The van der Waals surface area contributed by atoms with Gasteiger partial charge < -0.3 is 20.3 Å². The average molecular weight is 283 g/mol. The Kier molecular flexibility index (Phi) is 4.76. The van der Waals surface area contributed by atoms with Gasteiger partial charge in [-0.15, -0.1) is 0 Å². The van der Waals surface area contributed by atoms with Gasteiger partial charge in [-0.2, -0.15) is 8.42 Å². The van der Waals surface area contributed by atoms with Crippen LogP contribution in [0.2, 0.25) is 0 Å². The lowest BCUT2D eigenvalue weighted by Gasteiger charge is -2.23. The van der Waals surface area contributed by atoms with E-state index >= 15 is 0 Å². The Morgan fingerprint density at radius 1 is 1.44 bits per heavy atom. The molecule has 1 rings (SSSR count). The van der Waals surface area contributed by atoms with Gasteiger partial charge in [-0.05, 0) is 0 Å². The molecule has 1 fully saturated rings. The van der Waals surface area contributed by atoms with Crippen LogP contribution >= 0.6 is 0 Å². The number of aldehydes is 1. The van der Waals surface area contributed by atoms with Crippen LogP contribution in [0.25, 0.3) is 0 Å². The quantitative estimate of drug-likeness (QED) is 0.456. The molecular formula is C8H13NO8S. The molecular weight excluding hydrogens is 270 g/mol. The van der Waals surface area contributed by atoms with E-state index in [1.165, 1.54) is 0 Å². The summed E-state index contributed by atoms with van der Waals surface area (Å²) in [6.07, 6.45) is -4.21. The number of nitrogens with one attached hydrogen (secondary N) is 1. The Bertz CT molecular complexity index is 421. The molecule has 3 N–H and O–H groups in total. The number of carbonyl (C=O) groups excluding carboxylic acids is 2. The summed E-state index contributed by atoms with van der Waals surface area (Å²) in [6.45, 7) is 0.337. The molecule has 0 spiro atoms. The van der Waals surface area contributed by atoms with Crippen molar-refractivity contribution in [1.82, 2.24) is 5.32 Å². The summed E-state index contributed by atoms with van der Waals surface area (Å²) in [4.78, 5) is 21.7. The molecule has 10 heteroatoms. The largest absolute Gasteiger partial charge is 0.400 e. The summed E-state index contributed by atoms with van der Waals surface area (Å²) in [5, 5.41) is 20.3. The molecule has 9 nitrogen and oxygen atoms in total. The number of aliphatic hydroxyl groups is 2. The summed E-state index contributed by atoms with van der Waals surface area (Å²) in [5.41, 5.74) is 0. The van der Waals surface area contributed by atoms with Gasteiger partial charge in [-0.3, -0.25) is 4.79 Å². The van der Waals surface area contributed by atoms with Crippen LogP contribution < -0.4 is 5.32 Å². The van der Waals surface area contributed by atoms with Crippen LogP contribution in [-0.2, 0) is 28.4 Å². The Labute approximate surface area is 103 Å².